The predicted octanol–water partition coefficient (Wildman–Crippen LogP) is 3.43. The van der Waals surface area contributed by atoms with E-state index in [4.69, 9.17) is 28.5 Å². The van der Waals surface area contributed by atoms with Crippen LogP contribution < -0.4 is 0 Å². The van der Waals surface area contributed by atoms with Crippen molar-refractivity contribution in [3.63, 3.8) is 0 Å². The Morgan fingerprint density at radius 3 is 2.78 bits per heavy atom. The molecule has 1 aliphatic rings. The normalized spacial score (nSPS) is 20.9. The number of hydrogen-bond donors (Lipinski definition) is 0. The molecule has 1 heterocycles. The van der Waals surface area contributed by atoms with Gasteiger partial charge in [-0.25, -0.2) is 0 Å². The fourth-order valence-electron chi connectivity index (χ4n) is 2.20. The summed E-state index contributed by atoms with van der Waals surface area (Å²) in [7, 11) is 0. The molecule has 5 heteroatoms. The molecule has 18 heavy (non-hydrogen) atoms. The average molecular weight is 283 g/mol. The molecule has 0 aliphatic carbocycles. The number of benzene rings is 1. The second kappa shape index (κ2) is 5.17. The molecule has 0 N–H and O–H groups in total. The van der Waals surface area contributed by atoms with Crippen LogP contribution in [0.2, 0.25) is 10.0 Å². The Morgan fingerprint density at radius 2 is 2.22 bits per heavy atom. The van der Waals surface area contributed by atoms with Gasteiger partial charge in [-0.05, 0) is 24.6 Å². The SMILES string of the molecule is CC(c1ccc(Cl)cc1Cl)N1CC(C#N)CC1=O. The van der Waals surface area contributed by atoms with Crippen LogP contribution in [0.25, 0.3) is 0 Å². The quantitative estimate of drug-likeness (QED) is 0.834. The fourth-order valence-corrected chi connectivity index (χ4v) is 2.77. The number of carbonyl (C=O) groups excluding carboxylic acids is 1. The van der Waals surface area contributed by atoms with Crippen molar-refractivity contribution in [2.24, 2.45) is 5.92 Å². The second-order valence-corrected chi connectivity index (χ2v) is 5.26. The predicted molar refractivity (Wildman–Crippen MR) is 70.3 cm³/mol. The van der Waals surface area contributed by atoms with Gasteiger partial charge in [0.2, 0.25) is 5.91 Å². The molecule has 3 nitrogen and oxygen atoms in total. The van der Waals surface area contributed by atoms with Crippen LogP contribution in [0.5, 0.6) is 0 Å². The summed E-state index contributed by atoms with van der Waals surface area (Å²) in [6.07, 6.45) is 0.298. The van der Waals surface area contributed by atoms with Crippen LogP contribution in [-0.2, 0) is 4.79 Å². The van der Waals surface area contributed by atoms with Gasteiger partial charge in [-0.15, -0.1) is 0 Å². The van der Waals surface area contributed by atoms with Gasteiger partial charge >= 0.3 is 0 Å². The smallest absolute Gasteiger partial charge is 0.224 e. The van der Waals surface area contributed by atoms with Crippen molar-refractivity contribution in [3.8, 4) is 6.07 Å². The van der Waals surface area contributed by atoms with E-state index in [1.807, 2.05) is 13.0 Å². The van der Waals surface area contributed by atoms with Crippen molar-refractivity contribution in [2.45, 2.75) is 19.4 Å². The summed E-state index contributed by atoms with van der Waals surface area (Å²) in [5.41, 5.74) is 0.855. The highest BCUT2D eigenvalue weighted by Crippen LogP contribution is 2.33. The van der Waals surface area contributed by atoms with Crippen LogP contribution >= 0.6 is 23.2 Å². The lowest BCUT2D eigenvalue weighted by atomic mass is 10.1. The Kier molecular flexibility index (Phi) is 3.79. The molecule has 0 spiro atoms. The van der Waals surface area contributed by atoms with E-state index in [1.165, 1.54) is 0 Å². The summed E-state index contributed by atoms with van der Waals surface area (Å²) in [4.78, 5) is 13.5. The first-order chi connectivity index (χ1) is 8.52. The zero-order valence-electron chi connectivity index (χ0n) is 9.86. The minimum atomic E-state index is -0.217. The first kappa shape index (κ1) is 13.2. The number of carbonyl (C=O) groups is 1. The maximum Gasteiger partial charge on any atom is 0.224 e. The van der Waals surface area contributed by atoms with Gasteiger partial charge in [-0.3, -0.25) is 4.79 Å². The van der Waals surface area contributed by atoms with Crippen molar-refractivity contribution in [1.82, 2.24) is 4.90 Å². The molecule has 1 aromatic rings. The highest BCUT2D eigenvalue weighted by molar-refractivity contribution is 6.35. The molecule has 2 rings (SSSR count). The molecular formula is C13H12Cl2N2O. The molecule has 2 unspecified atom stereocenters. The molecule has 0 saturated carbocycles. The summed E-state index contributed by atoms with van der Waals surface area (Å²) < 4.78 is 0. The summed E-state index contributed by atoms with van der Waals surface area (Å²) in [6.45, 7) is 2.38. The summed E-state index contributed by atoms with van der Waals surface area (Å²) in [6, 6.07) is 7.24. The second-order valence-electron chi connectivity index (χ2n) is 4.42. The maximum absolute atomic E-state index is 11.8. The lowest BCUT2D eigenvalue weighted by Gasteiger charge is -2.25. The van der Waals surface area contributed by atoms with Crippen molar-refractivity contribution in [3.05, 3.63) is 33.8 Å². The third-order valence-electron chi connectivity index (χ3n) is 3.22. The fraction of sp³-hybridized carbons (Fsp3) is 0.385. The number of rotatable bonds is 2. The molecule has 0 bridgehead atoms. The minimum absolute atomic E-state index is 0.0000617. The highest BCUT2D eigenvalue weighted by Gasteiger charge is 2.33. The molecule has 1 aromatic carbocycles. The molecule has 1 amide bonds. The Balaban J connectivity index is 2.24. The number of amides is 1. The van der Waals surface area contributed by atoms with Crippen molar-refractivity contribution < 1.29 is 4.79 Å². The molecule has 94 valence electrons. The van der Waals surface area contributed by atoms with Crippen LogP contribution in [0.4, 0.5) is 0 Å². The lowest BCUT2D eigenvalue weighted by Crippen LogP contribution is -2.28. The van der Waals surface area contributed by atoms with Crippen molar-refractivity contribution in [2.75, 3.05) is 6.54 Å². The Morgan fingerprint density at radius 1 is 1.50 bits per heavy atom. The molecule has 2 atom stereocenters. The summed E-state index contributed by atoms with van der Waals surface area (Å²) in [5.74, 6) is -0.217. The van der Waals surface area contributed by atoms with Crippen LogP contribution in [0.3, 0.4) is 0 Å². The van der Waals surface area contributed by atoms with E-state index in [9.17, 15) is 4.79 Å². The standard InChI is InChI=1S/C13H12Cl2N2O/c1-8(11-3-2-10(14)5-12(11)15)17-7-9(6-16)4-13(17)18/h2-3,5,8-9H,4,7H2,1H3. The number of nitriles is 1. The summed E-state index contributed by atoms with van der Waals surface area (Å²) in [5, 5.41) is 9.99. The highest BCUT2D eigenvalue weighted by atomic mass is 35.5. The van der Waals surface area contributed by atoms with Crippen LogP contribution in [0.1, 0.15) is 24.9 Å². The Bertz CT molecular complexity index is 524. The van der Waals surface area contributed by atoms with E-state index in [0.29, 0.717) is 23.0 Å². The van der Waals surface area contributed by atoms with Gasteiger partial charge in [0.25, 0.3) is 0 Å². The van der Waals surface area contributed by atoms with Gasteiger partial charge in [-0.1, -0.05) is 29.3 Å². The molecule has 0 aromatic heterocycles. The molecule has 1 aliphatic heterocycles. The van der Waals surface area contributed by atoms with Crippen LogP contribution in [0, 0.1) is 17.2 Å². The van der Waals surface area contributed by atoms with E-state index < -0.39 is 0 Å². The molecule has 1 fully saturated rings. The third kappa shape index (κ3) is 2.45. The lowest BCUT2D eigenvalue weighted by molar-refractivity contribution is -0.129. The zero-order valence-corrected chi connectivity index (χ0v) is 11.4. The third-order valence-corrected chi connectivity index (χ3v) is 3.78. The number of likely N-dealkylation sites (tertiary alicyclic amines) is 1. The topological polar surface area (TPSA) is 44.1 Å². The van der Waals surface area contributed by atoms with E-state index >= 15 is 0 Å². The van der Waals surface area contributed by atoms with Crippen molar-refractivity contribution >= 4 is 29.1 Å². The van der Waals surface area contributed by atoms with E-state index in [2.05, 4.69) is 6.07 Å². The van der Waals surface area contributed by atoms with Gasteiger partial charge in [0, 0.05) is 23.0 Å². The van der Waals surface area contributed by atoms with Gasteiger partial charge in [0.1, 0.15) is 0 Å². The first-order valence-electron chi connectivity index (χ1n) is 5.67. The van der Waals surface area contributed by atoms with E-state index in [0.717, 1.165) is 5.56 Å². The number of nitrogens with zero attached hydrogens (tertiary/aromatic N) is 2. The average Bonchev–Trinajstić information content (AvgIpc) is 2.70. The zero-order chi connectivity index (χ0) is 13.3. The molecular weight excluding hydrogens is 271 g/mol. The van der Waals surface area contributed by atoms with Gasteiger partial charge in [0.05, 0.1) is 18.0 Å². The largest absolute Gasteiger partial charge is 0.335 e. The Hall–Kier alpha value is -1.24. The molecule has 0 radical (unpaired) electrons. The van der Waals surface area contributed by atoms with E-state index in [1.54, 1.807) is 17.0 Å². The van der Waals surface area contributed by atoms with Gasteiger partial charge in [0.15, 0.2) is 0 Å². The van der Waals surface area contributed by atoms with Gasteiger partial charge < -0.3 is 4.90 Å². The minimum Gasteiger partial charge on any atom is -0.335 e. The van der Waals surface area contributed by atoms with Crippen molar-refractivity contribution in [1.29, 1.82) is 5.26 Å². The number of halogens is 2. The summed E-state index contributed by atoms with van der Waals surface area (Å²) >= 11 is 12.0. The van der Waals surface area contributed by atoms with Gasteiger partial charge in [-0.2, -0.15) is 5.26 Å². The van der Waals surface area contributed by atoms with Crippen LogP contribution in [0.15, 0.2) is 18.2 Å². The molecule has 1 saturated heterocycles. The Labute approximate surface area is 116 Å². The van der Waals surface area contributed by atoms with Crippen LogP contribution in [-0.4, -0.2) is 17.4 Å². The van der Waals surface area contributed by atoms with E-state index in [-0.39, 0.29) is 17.9 Å². The first-order valence-corrected chi connectivity index (χ1v) is 6.42. The number of hydrogen-bond acceptors (Lipinski definition) is 2. The maximum atomic E-state index is 11.8. The monoisotopic (exact) mass is 282 g/mol.